The Kier molecular flexibility index (Phi) is 8.60. The van der Waals surface area contributed by atoms with Gasteiger partial charge in [0.25, 0.3) is 0 Å². The molecule has 0 atom stereocenters. The lowest BCUT2D eigenvalue weighted by atomic mass is 9.97. The first-order chi connectivity index (χ1) is 15.7. The van der Waals surface area contributed by atoms with Gasteiger partial charge in [-0.15, -0.1) is 11.8 Å². The highest BCUT2D eigenvalue weighted by Crippen LogP contribution is 2.34. The minimum atomic E-state index is -3.68. The maximum Gasteiger partial charge on any atom is 0.341 e. The van der Waals surface area contributed by atoms with E-state index < -0.39 is 22.7 Å². The molecule has 0 saturated carbocycles. The van der Waals surface area contributed by atoms with E-state index in [9.17, 15) is 13.2 Å². The summed E-state index contributed by atoms with van der Waals surface area (Å²) in [7, 11) is -3.68. The molecule has 3 aromatic rings. The van der Waals surface area contributed by atoms with Crippen LogP contribution in [0.4, 0.5) is 0 Å². The molecule has 6 nitrogen and oxygen atoms in total. The lowest BCUT2D eigenvalue weighted by Crippen LogP contribution is -2.09. The predicted molar refractivity (Wildman–Crippen MR) is 133 cm³/mol. The molecule has 0 fully saturated rings. The molecule has 3 aromatic carbocycles. The quantitative estimate of drug-likeness (QED) is 0.265. The normalized spacial score (nSPS) is 11.8. The van der Waals surface area contributed by atoms with Gasteiger partial charge in [0.15, 0.2) is 6.61 Å². The minimum Gasteiger partial charge on any atom is -0.481 e. The molecular weight excluding hydrogens is 528 g/mol. The van der Waals surface area contributed by atoms with Gasteiger partial charge in [-0.25, -0.2) is 4.79 Å². The first-order valence-corrected chi connectivity index (χ1v) is 13.3. The number of hydrogen-bond acceptors (Lipinski definition) is 6. The van der Waals surface area contributed by atoms with E-state index in [2.05, 4.69) is 15.9 Å². The molecule has 0 aliphatic carbocycles. The van der Waals surface area contributed by atoms with Crippen LogP contribution in [0.2, 0.25) is 0 Å². The molecule has 0 aliphatic heterocycles. The Morgan fingerprint density at radius 3 is 2.39 bits per heavy atom. The van der Waals surface area contributed by atoms with Gasteiger partial charge in [-0.05, 0) is 51.3 Å². The second-order valence-electron chi connectivity index (χ2n) is 6.85. The third-order valence-electron chi connectivity index (χ3n) is 4.30. The standard InChI is InChI=1S/C24H21BrO6S2/c1-33(28,29)31-22-10-6-5-9-20(22)19(17-7-3-2-4-8-17)13-14-32-18-11-12-23(21(25)15-18)30-16-24(26)27/h2-13,15H,14,16H2,1H3,(H,26,27). The van der Waals surface area contributed by atoms with Crippen molar-refractivity contribution in [2.24, 2.45) is 0 Å². The smallest absolute Gasteiger partial charge is 0.341 e. The zero-order chi connectivity index (χ0) is 23.8. The van der Waals surface area contributed by atoms with Crippen molar-refractivity contribution < 1.29 is 27.2 Å². The molecule has 0 saturated heterocycles. The van der Waals surface area contributed by atoms with Gasteiger partial charge in [0.05, 0.1) is 10.7 Å². The summed E-state index contributed by atoms with van der Waals surface area (Å²) in [4.78, 5) is 11.7. The molecule has 1 N–H and O–H groups in total. The third kappa shape index (κ3) is 7.66. The fourth-order valence-corrected chi connectivity index (χ4v) is 4.90. The molecule has 3 rings (SSSR count). The molecule has 0 spiro atoms. The Hall–Kier alpha value is -2.75. The first kappa shape index (κ1) is 24.9. The molecule has 0 unspecified atom stereocenters. The number of ether oxygens (including phenoxy) is 1. The highest BCUT2D eigenvalue weighted by Gasteiger charge is 2.14. The summed E-state index contributed by atoms with van der Waals surface area (Å²) in [6, 6.07) is 22.1. The molecule has 0 heterocycles. The van der Waals surface area contributed by atoms with Gasteiger partial charge in [-0.3, -0.25) is 0 Å². The number of carboxylic acids is 1. The number of carboxylic acid groups (broad SMARTS) is 1. The van der Waals surface area contributed by atoms with Crippen LogP contribution in [0.1, 0.15) is 11.1 Å². The molecule has 172 valence electrons. The van der Waals surface area contributed by atoms with E-state index in [4.69, 9.17) is 14.0 Å². The van der Waals surface area contributed by atoms with Crippen molar-refractivity contribution in [3.05, 3.63) is 94.5 Å². The van der Waals surface area contributed by atoms with E-state index in [-0.39, 0.29) is 5.75 Å². The van der Waals surface area contributed by atoms with E-state index in [1.54, 1.807) is 30.0 Å². The number of benzene rings is 3. The highest BCUT2D eigenvalue weighted by molar-refractivity contribution is 9.10. The Balaban J connectivity index is 1.86. The zero-order valence-electron chi connectivity index (χ0n) is 17.6. The largest absolute Gasteiger partial charge is 0.481 e. The van der Waals surface area contributed by atoms with E-state index in [1.165, 1.54) is 0 Å². The Morgan fingerprint density at radius 1 is 1.03 bits per heavy atom. The van der Waals surface area contributed by atoms with Gasteiger partial charge in [0, 0.05) is 16.2 Å². The van der Waals surface area contributed by atoms with E-state index in [1.807, 2.05) is 60.7 Å². The molecule has 0 bridgehead atoms. The van der Waals surface area contributed by atoms with E-state index in [0.29, 0.717) is 21.5 Å². The average molecular weight is 549 g/mol. The van der Waals surface area contributed by atoms with Gasteiger partial charge in [0.1, 0.15) is 11.5 Å². The summed E-state index contributed by atoms with van der Waals surface area (Å²) >= 11 is 4.98. The van der Waals surface area contributed by atoms with Crippen LogP contribution in [0.25, 0.3) is 5.57 Å². The molecule has 0 amide bonds. The monoisotopic (exact) mass is 548 g/mol. The predicted octanol–water partition coefficient (Wildman–Crippen LogP) is 5.47. The van der Waals surface area contributed by atoms with Crippen molar-refractivity contribution in [1.82, 2.24) is 0 Å². The highest BCUT2D eigenvalue weighted by atomic mass is 79.9. The van der Waals surface area contributed by atoms with Gasteiger partial charge >= 0.3 is 16.1 Å². The van der Waals surface area contributed by atoms with Gasteiger partial charge < -0.3 is 14.0 Å². The Morgan fingerprint density at radius 2 is 1.73 bits per heavy atom. The van der Waals surface area contributed by atoms with Crippen LogP contribution in [-0.2, 0) is 14.9 Å². The van der Waals surface area contributed by atoms with Gasteiger partial charge in [-0.1, -0.05) is 54.6 Å². The fraction of sp³-hybridized carbons (Fsp3) is 0.125. The fourth-order valence-electron chi connectivity index (χ4n) is 2.98. The number of para-hydroxylation sites is 1. The van der Waals surface area contributed by atoms with Crippen molar-refractivity contribution in [2.75, 3.05) is 18.6 Å². The summed E-state index contributed by atoms with van der Waals surface area (Å²) in [5.74, 6) is 0.273. The molecule has 33 heavy (non-hydrogen) atoms. The van der Waals surface area contributed by atoms with Crippen molar-refractivity contribution >= 4 is 49.4 Å². The summed E-state index contributed by atoms with van der Waals surface area (Å²) in [6.45, 7) is -0.413. The Bertz CT molecular complexity index is 1260. The van der Waals surface area contributed by atoms with Crippen molar-refractivity contribution in [1.29, 1.82) is 0 Å². The van der Waals surface area contributed by atoms with Crippen LogP contribution in [-0.4, -0.2) is 38.1 Å². The zero-order valence-corrected chi connectivity index (χ0v) is 20.8. The van der Waals surface area contributed by atoms with Crippen LogP contribution >= 0.6 is 27.7 Å². The lowest BCUT2D eigenvalue weighted by molar-refractivity contribution is -0.139. The Labute approximate surface area is 205 Å². The maximum absolute atomic E-state index is 11.8. The van der Waals surface area contributed by atoms with Crippen LogP contribution in [0.15, 0.2) is 88.2 Å². The topological polar surface area (TPSA) is 89.9 Å². The summed E-state index contributed by atoms with van der Waals surface area (Å²) in [5, 5.41) is 8.77. The number of aliphatic carboxylic acids is 1. The molecule has 0 aliphatic rings. The summed E-state index contributed by atoms with van der Waals surface area (Å²) in [5.41, 5.74) is 2.46. The van der Waals surface area contributed by atoms with Crippen molar-refractivity contribution in [3.8, 4) is 11.5 Å². The van der Waals surface area contributed by atoms with Crippen LogP contribution < -0.4 is 8.92 Å². The lowest BCUT2D eigenvalue weighted by Gasteiger charge is -2.14. The van der Waals surface area contributed by atoms with Crippen molar-refractivity contribution in [2.45, 2.75) is 4.90 Å². The summed E-state index contributed by atoms with van der Waals surface area (Å²) in [6.07, 6.45) is 3.04. The first-order valence-electron chi connectivity index (χ1n) is 9.74. The van der Waals surface area contributed by atoms with Gasteiger partial charge in [0.2, 0.25) is 0 Å². The van der Waals surface area contributed by atoms with Crippen LogP contribution in [0, 0.1) is 0 Å². The second kappa shape index (κ2) is 11.4. The maximum atomic E-state index is 11.8. The van der Waals surface area contributed by atoms with E-state index in [0.717, 1.165) is 22.3 Å². The number of rotatable bonds is 10. The van der Waals surface area contributed by atoms with Crippen molar-refractivity contribution in [3.63, 3.8) is 0 Å². The second-order valence-corrected chi connectivity index (χ2v) is 10.4. The SMILES string of the molecule is CS(=O)(=O)Oc1ccccc1C(=CCSc1ccc(OCC(=O)O)c(Br)c1)c1ccccc1. The van der Waals surface area contributed by atoms with Gasteiger partial charge in [-0.2, -0.15) is 8.42 Å². The number of halogens is 1. The number of hydrogen-bond donors (Lipinski definition) is 1. The molecular formula is C24H21BrO6S2. The number of carbonyl (C=O) groups is 1. The molecule has 0 aromatic heterocycles. The third-order valence-corrected chi connectivity index (χ3v) is 6.32. The summed E-state index contributed by atoms with van der Waals surface area (Å²) < 4.78 is 34.6. The molecule has 0 radical (unpaired) electrons. The molecule has 9 heteroatoms. The number of thioether (sulfide) groups is 1. The minimum absolute atomic E-state index is 0.266. The van der Waals surface area contributed by atoms with Crippen LogP contribution in [0.3, 0.4) is 0 Å². The van der Waals surface area contributed by atoms with E-state index >= 15 is 0 Å². The van der Waals surface area contributed by atoms with Crippen LogP contribution in [0.5, 0.6) is 11.5 Å². The average Bonchev–Trinajstić information content (AvgIpc) is 2.76.